The van der Waals surface area contributed by atoms with Gasteiger partial charge in [0.25, 0.3) is 11.8 Å². The summed E-state index contributed by atoms with van der Waals surface area (Å²) in [5, 5.41) is 0. The van der Waals surface area contributed by atoms with Gasteiger partial charge in [0, 0.05) is 25.4 Å². The predicted molar refractivity (Wildman–Crippen MR) is 105 cm³/mol. The Morgan fingerprint density at radius 3 is 2.43 bits per heavy atom. The summed E-state index contributed by atoms with van der Waals surface area (Å²) in [5.41, 5.74) is 0.765. The number of carbonyl (C=O) groups excluding carboxylic acids is 4. The van der Waals surface area contributed by atoms with Crippen molar-refractivity contribution in [2.24, 2.45) is 5.92 Å². The lowest BCUT2D eigenvalue weighted by molar-refractivity contribution is -0.145. The third kappa shape index (κ3) is 3.19. The van der Waals surface area contributed by atoms with Crippen molar-refractivity contribution < 1.29 is 19.2 Å². The van der Waals surface area contributed by atoms with Gasteiger partial charge in [0.05, 0.1) is 22.9 Å². The van der Waals surface area contributed by atoms with Crippen LogP contribution in [0.3, 0.4) is 0 Å². The van der Waals surface area contributed by atoms with E-state index in [2.05, 4.69) is 0 Å². The molecule has 148 valence electrons. The molecule has 3 aliphatic rings. The van der Waals surface area contributed by atoms with Gasteiger partial charge in [-0.25, -0.2) is 0 Å². The molecule has 0 bridgehead atoms. The number of benzene rings is 1. The second-order valence-electron chi connectivity index (χ2n) is 7.50. The van der Waals surface area contributed by atoms with Crippen LogP contribution in [0, 0.1) is 5.92 Å². The first kappa shape index (κ1) is 19.0. The van der Waals surface area contributed by atoms with Gasteiger partial charge in [-0.05, 0) is 25.0 Å². The first-order chi connectivity index (χ1) is 13.5. The number of likely N-dealkylation sites (tertiary alicyclic amines) is 1. The van der Waals surface area contributed by atoms with E-state index >= 15 is 0 Å². The number of rotatable bonds is 4. The molecule has 1 aromatic rings. The zero-order valence-corrected chi connectivity index (χ0v) is 16.6. The minimum absolute atomic E-state index is 0.0174. The molecule has 4 rings (SSSR count). The topological polar surface area (TPSA) is 78.0 Å². The number of hydrogen-bond acceptors (Lipinski definition) is 5. The molecule has 28 heavy (non-hydrogen) atoms. The van der Waals surface area contributed by atoms with Crippen molar-refractivity contribution in [2.45, 2.75) is 25.8 Å². The molecule has 3 heterocycles. The van der Waals surface area contributed by atoms with E-state index in [4.69, 9.17) is 0 Å². The van der Waals surface area contributed by atoms with Crippen LogP contribution in [0.1, 0.15) is 40.5 Å². The van der Waals surface area contributed by atoms with Crippen molar-refractivity contribution in [1.82, 2.24) is 14.7 Å². The molecule has 3 aliphatic heterocycles. The summed E-state index contributed by atoms with van der Waals surface area (Å²) in [6.07, 6.45) is 1.47. The molecule has 4 amide bonds. The van der Waals surface area contributed by atoms with Gasteiger partial charge in [-0.15, -0.1) is 11.8 Å². The summed E-state index contributed by atoms with van der Waals surface area (Å²) < 4.78 is 0. The van der Waals surface area contributed by atoms with Crippen LogP contribution >= 0.6 is 11.8 Å². The van der Waals surface area contributed by atoms with Crippen molar-refractivity contribution in [3.8, 4) is 0 Å². The minimum atomic E-state index is -0.552. The van der Waals surface area contributed by atoms with Crippen LogP contribution in [0.15, 0.2) is 24.3 Å². The molecule has 2 saturated heterocycles. The molecule has 1 aromatic carbocycles. The molecule has 2 unspecified atom stereocenters. The highest BCUT2D eigenvalue weighted by Crippen LogP contribution is 2.27. The van der Waals surface area contributed by atoms with E-state index in [1.54, 1.807) is 47.9 Å². The lowest BCUT2D eigenvalue weighted by atomic mass is 10.1. The van der Waals surface area contributed by atoms with Gasteiger partial charge >= 0.3 is 0 Å². The number of imide groups is 1. The zero-order chi connectivity index (χ0) is 19.8. The highest BCUT2D eigenvalue weighted by Gasteiger charge is 2.41. The minimum Gasteiger partial charge on any atom is -0.331 e. The number of hydrogen-bond donors (Lipinski definition) is 0. The van der Waals surface area contributed by atoms with Crippen LogP contribution in [0.25, 0.3) is 0 Å². The zero-order valence-electron chi connectivity index (χ0n) is 15.8. The van der Waals surface area contributed by atoms with E-state index in [0.29, 0.717) is 30.0 Å². The van der Waals surface area contributed by atoms with Gasteiger partial charge in [-0.3, -0.25) is 24.1 Å². The first-order valence-electron chi connectivity index (χ1n) is 9.61. The highest BCUT2D eigenvalue weighted by molar-refractivity contribution is 7.99. The van der Waals surface area contributed by atoms with Crippen molar-refractivity contribution in [2.75, 3.05) is 31.3 Å². The quantitative estimate of drug-likeness (QED) is 0.714. The Morgan fingerprint density at radius 1 is 1.14 bits per heavy atom. The maximum atomic E-state index is 13.0. The number of nitrogens with zero attached hydrogens (tertiary/aromatic N) is 3. The Hall–Kier alpha value is -2.35. The second-order valence-corrected chi connectivity index (χ2v) is 8.57. The van der Waals surface area contributed by atoms with Crippen LogP contribution in [0.4, 0.5) is 0 Å². The van der Waals surface area contributed by atoms with Gasteiger partial charge in [-0.2, -0.15) is 0 Å². The molecule has 2 fully saturated rings. The van der Waals surface area contributed by atoms with Crippen molar-refractivity contribution in [3.63, 3.8) is 0 Å². The van der Waals surface area contributed by atoms with E-state index in [1.165, 1.54) is 0 Å². The number of fused-ring (bicyclic) bond motifs is 1. The summed E-state index contributed by atoms with van der Waals surface area (Å²) in [5.74, 6) is 0.197. The predicted octanol–water partition coefficient (Wildman–Crippen LogP) is 1.44. The Bertz CT molecular complexity index is 801. The Balaban J connectivity index is 1.44. The molecule has 7 nitrogen and oxygen atoms in total. The summed E-state index contributed by atoms with van der Waals surface area (Å²) in [6, 6.07) is 6.28. The molecule has 0 aliphatic carbocycles. The molecule has 0 aromatic heterocycles. The maximum absolute atomic E-state index is 13.0. The monoisotopic (exact) mass is 401 g/mol. The van der Waals surface area contributed by atoms with Gasteiger partial charge in [0.15, 0.2) is 0 Å². The lowest BCUT2D eigenvalue weighted by Gasteiger charge is -2.30. The summed E-state index contributed by atoms with van der Waals surface area (Å²) in [6.45, 7) is 3.02. The van der Waals surface area contributed by atoms with Gasteiger partial charge < -0.3 is 9.80 Å². The normalized spacial score (nSPS) is 22.8. The Labute approximate surface area is 168 Å². The molecule has 0 N–H and O–H groups in total. The summed E-state index contributed by atoms with van der Waals surface area (Å²) >= 11 is 1.72. The lowest BCUT2D eigenvalue weighted by Crippen LogP contribution is -2.50. The Kier molecular flexibility index (Phi) is 5.14. The fourth-order valence-electron chi connectivity index (χ4n) is 4.13. The summed E-state index contributed by atoms with van der Waals surface area (Å²) in [4.78, 5) is 55.5. The Morgan fingerprint density at radius 2 is 1.82 bits per heavy atom. The van der Waals surface area contributed by atoms with Crippen LogP contribution in [0.2, 0.25) is 0 Å². The van der Waals surface area contributed by atoms with E-state index in [9.17, 15) is 19.2 Å². The smallest absolute Gasteiger partial charge is 0.261 e. The van der Waals surface area contributed by atoms with Crippen LogP contribution in [-0.4, -0.2) is 75.6 Å². The highest BCUT2D eigenvalue weighted by atomic mass is 32.2. The fraction of sp³-hybridized carbons (Fsp3) is 0.500. The maximum Gasteiger partial charge on any atom is 0.261 e. The van der Waals surface area contributed by atoms with E-state index < -0.39 is 12.0 Å². The average Bonchev–Trinajstić information content (AvgIpc) is 3.45. The van der Waals surface area contributed by atoms with Crippen molar-refractivity contribution in [1.29, 1.82) is 0 Å². The number of amides is 4. The van der Waals surface area contributed by atoms with Crippen molar-refractivity contribution in [3.05, 3.63) is 35.4 Å². The molecular formula is C20H23N3O4S. The van der Waals surface area contributed by atoms with Crippen molar-refractivity contribution >= 4 is 35.4 Å². The number of carbonyl (C=O) groups is 4. The molecule has 0 spiro atoms. The number of thioether (sulfide) groups is 1. The largest absolute Gasteiger partial charge is 0.331 e. The van der Waals surface area contributed by atoms with Crippen LogP contribution < -0.4 is 0 Å². The SMILES string of the molecule is CC(CN1C(=O)c2ccccc2C1=O)C(=O)N1CCCC1C(=O)N1CCSC1. The third-order valence-electron chi connectivity index (χ3n) is 5.64. The van der Waals surface area contributed by atoms with Gasteiger partial charge in [0.2, 0.25) is 11.8 Å². The third-order valence-corrected chi connectivity index (χ3v) is 6.61. The molecule has 0 saturated carbocycles. The molecule has 8 heteroatoms. The first-order valence-corrected chi connectivity index (χ1v) is 10.8. The molecule has 0 radical (unpaired) electrons. The second kappa shape index (κ2) is 7.58. The molecule has 2 atom stereocenters. The standard InChI is InChI=1S/C20H23N3O4S/c1-13(11-23-18(25)14-5-2-3-6-15(14)19(23)26)17(24)22-8-4-7-16(22)20(27)21-9-10-28-12-21/h2-3,5-6,13,16H,4,7-12H2,1H3. The average molecular weight is 401 g/mol. The van der Waals surface area contributed by atoms with E-state index in [-0.39, 0.29) is 30.2 Å². The van der Waals surface area contributed by atoms with Gasteiger partial charge in [0.1, 0.15) is 6.04 Å². The van der Waals surface area contributed by atoms with E-state index in [0.717, 1.165) is 23.6 Å². The molecular weight excluding hydrogens is 378 g/mol. The summed E-state index contributed by atoms with van der Waals surface area (Å²) in [7, 11) is 0. The van der Waals surface area contributed by atoms with Gasteiger partial charge in [-0.1, -0.05) is 19.1 Å². The van der Waals surface area contributed by atoms with Crippen LogP contribution in [-0.2, 0) is 9.59 Å². The van der Waals surface area contributed by atoms with Crippen LogP contribution in [0.5, 0.6) is 0 Å². The fourth-order valence-corrected chi connectivity index (χ4v) is 5.08. The van der Waals surface area contributed by atoms with E-state index in [1.807, 2.05) is 4.90 Å².